The van der Waals surface area contributed by atoms with Gasteiger partial charge in [-0.25, -0.2) is 14.6 Å². The van der Waals surface area contributed by atoms with E-state index in [0.29, 0.717) is 12.2 Å². The second-order valence-corrected chi connectivity index (χ2v) is 8.70. The molecule has 7 heteroatoms. The predicted molar refractivity (Wildman–Crippen MR) is 123 cm³/mol. The van der Waals surface area contributed by atoms with Crippen LogP contribution in [0.2, 0.25) is 0 Å². The Morgan fingerprint density at radius 1 is 1.12 bits per heavy atom. The molecule has 1 atom stereocenters. The van der Waals surface area contributed by atoms with Crippen LogP contribution in [0.4, 0.5) is 4.79 Å². The summed E-state index contributed by atoms with van der Waals surface area (Å²) in [6.45, 7) is 2.82. The molecule has 170 valence electrons. The number of aromatic nitrogens is 2. The average Bonchev–Trinajstić information content (AvgIpc) is 3.47. The van der Waals surface area contributed by atoms with Crippen LogP contribution in [0.3, 0.4) is 0 Å². The summed E-state index contributed by atoms with van der Waals surface area (Å²) in [4.78, 5) is 31.2. The van der Waals surface area contributed by atoms with Gasteiger partial charge in [0, 0.05) is 18.5 Å². The van der Waals surface area contributed by atoms with E-state index in [0.717, 1.165) is 41.5 Å². The van der Waals surface area contributed by atoms with Gasteiger partial charge in [0.15, 0.2) is 6.04 Å². The lowest BCUT2D eigenvalue weighted by Crippen LogP contribution is -2.42. The van der Waals surface area contributed by atoms with Crippen LogP contribution in [0.15, 0.2) is 61.1 Å². The second kappa shape index (κ2) is 8.73. The Morgan fingerprint density at radius 3 is 2.33 bits per heavy atom. The number of hydrogen-bond acceptors (Lipinski definition) is 4. The van der Waals surface area contributed by atoms with Crippen LogP contribution in [0.25, 0.3) is 11.1 Å². The number of carboxylic acid groups (broad SMARTS) is 1. The summed E-state index contributed by atoms with van der Waals surface area (Å²) in [5, 5.41) is 10.1. The first-order valence-electron chi connectivity index (χ1n) is 11.5. The Morgan fingerprint density at radius 2 is 1.76 bits per heavy atom. The maximum atomic E-state index is 13.3. The second-order valence-electron chi connectivity index (χ2n) is 8.70. The number of carbonyl (C=O) groups is 2. The molecule has 0 radical (unpaired) electrons. The third-order valence-corrected chi connectivity index (χ3v) is 6.49. The zero-order chi connectivity index (χ0) is 22.9. The molecule has 2 aliphatic rings. The number of carboxylic acids is 1. The van der Waals surface area contributed by atoms with Crippen LogP contribution in [0.1, 0.15) is 55.0 Å². The molecular formula is C26H27N3O4. The maximum Gasteiger partial charge on any atom is 0.411 e. The fraction of sp³-hybridized carbons (Fsp3) is 0.346. The van der Waals surface area contributed by atoms with Gasteiger partial charge in [0.2, 0.25) is 0 Å². The smallest absolute Gasteiger partial charge is 0.411 e. The lowest BCUT2D eigenvalue weighted by atomic mass is 9.98. The molecule has 1 amide bonds. The minimum atomic E-state index is -1.12. The van der Waals surface area contributed by atoms with Gasteiger partial charge in [-0.2, -0.15) is 0 Å². The molecule has 1 saturated carbocycles. The molecule has 0 spiro atoms. The van der Waals surface area contributed by atoms with E-state index in [1.54, 1.807) is 12.5 Å². The lowest BCUT2D eigenvalue weighted by Gasteiger charge is -2.29. The molecule has 1 N–H and O–H groups in total. The molecular weight excluding hydrogens is 418 g/mol. The minimum Gasteiger partial charge on any atom is -0.479 e. The van der Waals surface area contributed by atoms with E-state index < -0.39 is 18.1 Å². The number of aryl methyl sites for hydroxylation is 1. The van der Waals surface area contributed by atoms with Crippen molar-refractivity contribution in [3.63, 3.8) is 0 Å². The normalized spacial score (nSPS) is 15.5. The van der Waals surface area contributed by atoms with Crippen molar-refractivity contribution in [2.24, 2.45) is 0 Å². The van der Waals surface area contributed by atoms with Crippen LogP contribution >= 0.6 is 0 Å². The highest BCUT2D eigenvalue weighted by atomic mass is 16.6. The number of aliphatic carboxylic acids is 1. The average molecular weight is 446 g/mol. The van der Waals surface area contributed by atoms with Gasteiger partial charge in [-0.05, 0) is 41.5 Å². The summed E-state index contributed by atoms with van der Waals surface area (Å²) in [5.41, 5.74) is 5.06. The van der Waals surface area contributed by atoms with E-state index in [1.165, 1.54) is 4.90 Å². The number of hydrogen-bond donors (Lipinski definition) is 1. The van der Waals surface area contributed by atoms with Crippen molar-refractivity contribution in [3.8, 4) is 11.1 Å². The molecule has 1 fully saturated rings. The Labute approximate surface area is 192 Å². The van der Waals surface area contributed by atoms with E-state index in [-0.39, 0.29) is 18.6 Å². The summed E-state index contributed by atoms with van der Waals surface area (Å²) in [5.74, 6) is -1.15. The summed E-state index contributed by atoms with van der Waals surface area (Å²) in [7, 11) is 0. The van der Waals surface area contributed by atoms with Gasteiger partial charge in [0.25, 0.3) is 0 Å². The number of benzene rings is 2. The first-order chi connectivity index (χ1) is 16.1. The Bertz CT molecular complexity index is 1140. The van der Waals surface area contributed by atoms with Gasteiger partial charge in [0.1, 0.15) is 6.61 Å². The van der Waals surface area contributed by atoms with Crippen molar-refractivity contribution in [2.75, 3.05) is 6.61 Å². The van der Waals surface area contributed by atoms with Gasteiger partial charge in [-0.15, -0.1) is 0 Å². The van der Waals surface area contributed by atoms with Crippen LogP contribution in [0, 0.1) is 0 Å². The standard InChI is InChI=1S/C26H27N3O4/c1-2-13-28-16-27-14-23(28)24(25(30)31)29(17-11-12-17)26(32)33-15-22-20-9-5-3-7-18(20)19-8-4-6-10-21(19)22/h3-10,14,16-17,22,24H,2,11-13,15H2,1H3,(H,30,31). The van der Waals surface area contributed by atoms with Gasteiger partial charge in [-0.1, -0.05) is 55.5 Å². The van der Waals surface area contributed by atoms with Crippen molar-refractivity contribution in [1.29, 1.82) is 0 Å². The molecule has 1 heterocycles. The number of fused-ring (bicyclic) bond motifs is 3. The monoisotopic (exact) mass is 445 g/mol. The lowest BCUT2D eigenvalue weighted by molar-refractivity contribution is -0.143. The Hall–Kier alpha value is -3.61. The van der Waals surface area contributed by atoms with E-state index in [2.05, 4.69) is 29.2 Å². The number of carbonyl (C=O) groups excluding carboxylic acids is 1. The van der Waals surface area contributed by atoms with Crippen LogP contribution in [-0.2, 0) is 16.1 Å². The summed E-state index contributed by atoms with van der Waals surface area (Å²) >= 11 is 0. The molecule has 0 saturated heterocycles. The first kappa shape index (κ1) is 21.2. The van der Waals surface area contributed by atoms with E-state index in [4.69, 9.17) is 4.74 Å². The Kier molecular flexibility index (Phi) is 5.62. The molecule has 3 aromatic rings. The Balaban J connectivity index is 1.40. The predicted octanol–water partition coefficient (Wildman–Crippen LogP) is 4.83. The van der Waals surface area contributed by atoms with E-state index in [1.807, 2.05) is 35.8 Å². The summed E-state index contributed by atoms with van der Waals surface area (Å²) < 4.78 is 7.64. The quantitative estimate of drug-likeness (QED) is 0.537. The molecule has 5 rings (SSSR count). The highest BCUT2D eigenvalue weighted by Crippen LogP contribution is 2.45. The summed E-state index contributed by atoms with van der Waals surface area (Å²) in [6, 6.07) is 15.0. The van der Waals surface area contributed by atoms with Crippen molar-refractivity contribution in [2.45, 2.75) is 50.7 Å². The zero-order valence-corrected chi connectivity index (χ0v) is 18.6. The van der Waals surface area contributed by atoms with Crippen molar-refractivity contribution in [3.05, 3.63) is 77.9 Å². The molecule has 1 aromatic heterocycles. The van der Waals surface area contributed by atoms with E-state index >= 15 is 0 Å². The van der Waals surface area contributed by atoms with Gasteiger partial charge in [0.05, 0.1) is 18.2 Å². The van der Waals surface area contributed by atoms with Crippen LogP contribution < -0.4 is 0 Å². The van der Waals surface area contributed by atoms with Crippen LogP contribution in [-0.4, -0.2) is 44.3 Å². The van der Waals surface area contributed by atoms with Crippen molar-refractivity contribution >= 4 is 12.1 Å². The zero-order valence-electron chi connectivity index (χ0n) is 18.6. The number of ether oxygens (including phenoxy) is 1. The molecule has 1 unspecified atom stereocenters. The highest BCUT2D eigenvalue weighted by molar-refractivity contribution is 5.82. The highest BCUT2D eigenvalue weighted by Gasteiger charge is 2.44. The fourth-order valence-electron chi connectivity index (χ4n) is 4.86. The van der Waals surface area contributed by atoms with Gasteiger partial charge >= 0.3 is 12.1 Å². The number of rotatable bonds is 8. The molecule has 0 aliphatic heterocycles. The molecule has 2 aliphatic carbocycles. The largest absolute Gasteiger partial charge is 0.479 e. The molecule has 0 bridgehead atoms. The third kappa shape index (κ3) is 3.88. The summed E-state index contributed by atoms with van der Waals surface area (Å²) in [6.07, 6.45) is 4.96. The number of amides is 1. The first-order valence-corrected chi connectivity index (χ1v) is 11.5. The van der Waals surface area contributed by atoms with Gasteiger partial charge < -0.3 is 14.4 Å². The third-order valence-electron chi connectivity index (χ3n) is 6.49. The van der Waals surface area contributed by atoms with E-state index in [9.17, 15) is 14.7 Å². The maximum absolute atomic E-state index is 13.3. The number of nitrogens with zero attached hydrogens (tertiary/aromatic N) is 3. The SMILES string of the molecule is CCCn1cncc1C(C(=O)O)N(C(=O)OCC1c2ccccc2-c2ccccc21)C1CC1. The minimum absolute atomic E-state index is 0.0729. The van der Waals surface area contributed by atoms with Crippen LogP contribution in [0.5, 0.6) is 0 Å². The fourth-order valence-corrected chi connectivity index (χ4v) is 4.86. The molecule has 33 heavy (non-hydrogen) atoms. The topological polar surface area (TPSA) is 84.7 Å². The van der Waals surface area contributed by atoms with Crippen molar-refractivity contribution in [1.82, 2.24) is 14.5 Å². The number of imidazole rings is 1. The molecule has 7 nitrogen and oxygen atoms in total. The molecule has 2 aromatic carbocycles. The van der Waals surface area contributed by atoms with Gasteiger partial charge in [-0.3, -0.25) is 4.90 Å². The van der Waals surface area contributed by atoms with Crippen molar-refractivity contribution < 1.29 is 19.4 Å².